The summed E-state index contributed by atoms with van der Waals surface area (Å²) in [7, 11) is 0. The average Bonchev–Trinajstić information content (AvgIpc) is 2.84. The van der Waals surface area contributed by atoms with Crippen LogP contribution in [-0.4, -0.2) is 0 Å². The summed E-state index contributed by atoms with van der Waals surface area (Å²) in [5.41, 5.74) is 0. The minimum absolute atomic E-state index is 1.24. The number of benzene rings is 5. The summed E-state index contributed by atoms with van der Waals surface area (Å²) in [5.74, 6) is 0. The highest BCUT2D eigenvalue weighted by atomic mass is 14.0. The van der Waals surface area contributed by atoms with Crippen molar-refractivity contribution >= 4 is 53.9 Å². The minimum atomic E-state index is 1.24. The van der Waals surface area contributed by atoms with E-state index in [1.807, 2.05) is 0 Å². The van der Waals surface area contributed by atoms with Crippen molar-refractivity contribution in [1.82, 2.24) is 0 Å². The molecule has 7 rings (SSSR count). The van der Waals surface area contributed by atoms with Crippen molar-refractivity contribution < 1.29 is 0 Å². The molecule has 140 valence electrons. The molecule has 0 heteroatoms. The lowest BCUT2D eigenvalue weighted by molar-refractivity contribution is 1.77. The molecule has 0 fully saturated rings. The highest BCUT2D eigenvalue weighted by Gasteiger charge is 2.01. The van der Waals surface area contributed by atoms with Crippen molar-refractivity contribution in [2.24, 2.45) is 0 Å². The number of rotatable bonds is 0. The zero-order chi connectivity index (χ0) is 19.9. The van der Waals surface area contributed by atoms with Crippen molar-refractivity contribution in [2.75, 3.05) is 0 Å². The smallest absolute Gasteiger partial charge is 0.0105 e. The Kier molecular flexibility index (Phi) is 3.89. The fourth-order valence-corrected chi connectivity index (χ4v) is 4.54. The van der Waals surface area contributed by atoms with Crippen LogP contribution in [0.4, 0.5) is 0 Å². The summed E-state index contributed by atoms with van der Waals surface area (Å²) in [5, 5.41) is 12.5. The maximum atomic E-state index is 2.31. The molecule has 0 spiro atoms. The Balaban J connectivity index is 1.95. The molecule has 0 aliphatic carbocycles. The van der Waals surface area contributed by atoms with E-state index in [1.54, 1.807) is 0 Å². The second-order valence-electron chi connectivity index (χ2n) is 7.83. The van der Waals surface area contributed by atoms with Gasteiger partial charge in [0.05, 0.1) is 0 Å². The van der Waals surface area contributed by atoms with Gasteiger partial charge in [0.2, 0.25) is 0 Å². The Morgan fingerprint density at radius 3 is 0.967 bits per heavy atom. The van der Waals surface area contributed by atoms with E-state index in [4.69, 9.17) is 0 Å². The van der Waals surface area contributed by atoms with Crippen LogP contribution in [0.3, 0.4) is 0 Å². The molecule has 0 nitrogen and oxygen atoms in total. The first-order valence-corrected chi connectivity index (χ1v) is 10.4. The fraction of sp³-hybridized carbons (Fsp3) is 0. The highest BCUT2D eigenvalue weighted by molar-refractivity contribution is 6.10. The quantitative estimate of drug-likeness (QED) is 0.247. The van der Waals surface area contributed by atoms with Gasteiger partial charge in [-0.3, -0.25) is 0 Å². The van der Waals surface area contributed by atoms with Crippen LogP contribution in [0.1, 0.15) is 0 Å². The van der Waals surface area contributed by atoms with Gasteiger partial charge in [-0.15, -0.1) is 0 Å². The molecule has 0 radical (unpaired) electrons. The van der Waals surface area contributed by atoms with E-state index in [-0.39, 0.29) is 0 Å². The van der Waals surface area contributed by atoms with Crippen molar-refractivity contribution in [3.05, 3.63) is 121 Å². The summed E-state index contributed by atoms with van der Waals surface area (Å²) in [6.45, 7) is 0. The summed E-state index contributed by atoms with van der Waals surface area (Å²) in [4.78, 5) is 0. The SMILES string of the molecule is c1cc2cc(c1)c1ccccc1c1ccc(cc1)c1ccccc1c1cccc2c1. The maximum Gasteiger partial charge on any atom is -0.0105 e. The fourth-order valence-electron chi connectivity index (χ4n) is 4.54. The third-order valence-electron chi connectivity index (χ3n) is 6.04. The molecule has 0 N–H and O–H groups in total. The van der Waals surface area contributed by atoms with Crippen LogP contribution >= 0.6 is 0 Å². The maximum absolute atomic E-state index is 2.31. The molecule has 0 atom stereocenters. The molecule has 0 aliphatic heterocycles. The molecule has 6 bridgehead atoms. The summed E-state index contributed by atoms with van der Waals surface area (Å²) in [6, 6.07) is 44.1. The molecule has 7 aromatic rings. The first-order valence-electron chi connectivity index (χ1n) is 10.4. The first kappa shape index (κ1) is 17.0. The van der Waals surface area contributed by atoms with Gasteiger partial charge in [0, 0.05) is 0 Å². The Labute approximate surface area is 175 Å². The van der Waals surface area contributed by atoms with Gasteiger partial charge >= 0.3 is 0 Å². The van der Waals surface area contributed by atoms with Crippen LogP contribution in [0, 0.1) is 0 Å². The third kappa shape index (κ3) is 2.77. The van der Waals surface area contributed by atoms with E-state index in [2.05, 4.69) is 121 Å². The van der Waals surface area contributed by atoms with Gasteiger partial charge in [-0.2, -0.15) is 0 Å². The van der Waals surface area contributed by atoms with Crippen LogP contribution < -0.4 is 0 Å². The van der Waals surface area contributed by atoms with Crippen LogP contribution in [0.2, 0.25) is 0 Å². The Morgan fingerprint density at radius 1 is 0.233 bits per heavy atom. The molecule has 0 heterocycles. The van der Waals surface area contributed by atoms with Gasteiger partial charge in [0.25, 0.3) is 0 Å². The molecule has 0 saturated heterocycles. The molecule has 0 amide bonds. The van der Waals surface area contributed by atoms with E-state index >= 15 is 0 Å². The van der Waals surface area contributed by atoms with Crippen molar-refractivity contribution in [3.63, 3.8) is 0 Å². The van der Waals surface area contributed by atoms with Gasteiger partial charge in [-0.25, -0.2) is 0 Å². The topological polar surface area (TPSA) is 0 Å². The summed E-state index contributed by atoms with van der Waals surface area (Å²) < 4.78 is 0. The Hall–Kier alpha value is -3.90. The van der Waals surface area contributed by atoms with Gasteiger partial charge in [-0.05, 0) is 66.0 Å². The van der Waals surface area contributed by atoms with Crippen LogP contribution in [0.25, 0.3) is 53.9 Å². The van der Waals surface area contributed by atoms with Crippen LogP contribution in [0.15, 0.2) is 121 Å². The number of hydrogen-bond acceptors (Lipinski definition) is 0. The zero-order valence-electron chi connectivity index (χ0n) is 16.5. The van der Waals surface area contributed by atoms with Crippen molar-refractivity contribution in [2.45, 2.75) is 0 Å². The predicted molar refractivity (Wildman–Crippen MR) is 132 cm³/mol. The molecule has 0 aliphatic rings. The second kappa shape index (κ2) is 6.86. The molecular weight excluding hydrogens is 360 g/mol. The lowest BCUT2D eigenvalue weighted by atomic mass is 10.00. The third-order valence-corrected chi connectivity index (χ3v) is 6.04. The Bertz CT molecular complexity index is 1490. The predicted octanol–water partition coefficient (Wildman–Crippen LogP) is 8.58. The number of fused-ring (bicyclic) bond motifs is 2. The molecule has 0 aromatic heterocycles. The van der Waals surface area contributed by atoms with Gasteiger partial charge in [0.1, 0.15) is 0 Å². The monoisotopic (exact) mass is 380 g/mol. The minimum Gasteiger partial charge on any atom is -0.0616 e. The normalized spacial score (nSPS) is 11.3. The second-order valence-corrected chi connectivity index (χ2v) is 7.83. The van der Waals surface area contributed by atoms with Gasteiger partial charge in [0.15, 0.2) is 0 Å². The molecule has 7 aromatic carbocycles. The van der Waals surface area contributed by atoms with Crippen molar-refractivity contribution in [1.29, 1.82) is 0 Å². The van der Waals surface area contributed by atoms with Gasteiger partial charge in [-0.1, -0.05) is 109 Å². The molecular formula is C30H20. The standard InChI is InChI=1S/C30H20/c1-3-13-29-25-9-5-7-23(19-25)24-8-6-10-26(20-24)30-14-4-2-12-28(30)22-17-15-21(16-18-22)27(29)11-1/h1-20H. The van der Waals surface area contributed by atoms with Crippen molar-refractivity contribution in [3.8, 4) is 0 Å². The van der Waals surface area contributed by atoms with E-state index in [1.165, 1.54) is 53.9 Å². The molecule has 30 heavy (non-hydrogen) atoms. The largest absolute Gasteiger partial charge is 0.0616 e. The highest BCUT2D eigenvalue weighted by Crippen LogP contribution is 2.28. The Morgan fingerprint density at radius 2 is 0.567 bits per heavy atom. The van der Waals surface area contributed by atoms with E-state index < -0.39 is 0 Å². The van der Waals surface area contributed by atoms with Crippen LogP contribution in [0.5, 0.6) is 0 Å². The first-order chi connectivity index (χ1) is 14.9. The van der Waals surface area contributed by atoms with E-state index in [0.29, 0.717) is 0 Å². The zero-order valence-corrected chi connectivity index (χ0v) is 16.5. The average molecular weight is 380 g/mol. The summed E-state index contributed by atoms with van der Waals surface area (Å²) >= 11 is 0. The lowest BCUT2D eigenvalue weighted by Gasteiger charge is -2.04. The molecule has 0 saturated carbocycles. The molecule has 0 unspecified atom stereocenters. The number of hydrogen-bond donors (Lipinski definition) is 0. The summed E-state index contributed by atoms with van der Waals surface area (Å²) in [6.07, 6.45) is 0. The van der Waals surface area contributed by atoms with Gasteiger partial charge < -0.3 is 0 Å². The van der Waals surface area contributed by atoms with E-state index in [0.717, 1.165) is 0 Å². The lowest BCUT2D eigenvalue weighted by Crippen LogP contribution is -1.78. The van der Waals surface area contributed by atoms with Crippen LogP contribution in [-0.2, 0) is 0 Å². The van der Waals surface area contributed by atoms with E-state index in [9.17, 15) is 0 Å².